The molecule has 48 heavy (non-hydrogen) atoms. The van der Waals surface area contributed by atoms with Gasteiger partial charge in [-0.3, -0.25) is 14.4 Å². The molecule has 0 unspecified atom stereocenters. The summed E-state index contributed by atoms with van der Waals surface area (Å²) < 4.78 is 0.724. The van der Waals surface area contributed by atoms with E-state index in [-0.39, 0.29) is 37.4 Å². The molecule has 0 bridgehead atoms. The molecule has 246 valence electrons. The van der Waals surface area contributed by atoms with E-state index < -0.39 is 17.4 Å². The number of nitrogens with one attached hydrogen (secondary N) is 1. The fourth-order valence-electron chi connectivity index (χ4n) is 6.46. The van der Waals surface area contributed by atoms with Gasteiger partial charge < -0.3 is 31.1 Å². The summed E-state index contributed by atoms with van der Waals surface area (Å²) in [6.07, 6.45) is 4.08. The molecule has 10 heteroatoms. The number of rotatable bonds is 9. The van der Waals surface area contributed by atoms with Crippen LogP contribution < -0.4 is 16.0 Å². The number of benzene rings is 4. The summed E-state index contributed by atoms with van der Waals surface area (Å²) in [7, 11) is 0. The average molecular weight is 710 g/mol. The monoisotopic (exact) mass is 708 g/mol. The predicted molar refractivity (Wildman–Crippen MR) is 189 cm³/mol. The molecule has 5 N–H and O–H groups in total. The number of aliphatic hydroxyl groups excluding tert-OH is 1. The van der Waals surface area contributed by atoms with Crippen LogP contribution in [-0.4, -0.2) is 45.5 Å². The third-order valence-electron chi connectivity index (χ3n) is 9.22. The largest absolute Gasteiger partial charge is 0.399 e. The van der Waals surface area contributed by atoms with E-state index in [2.05, 4.69) is 21.2 Å². The molecule has 2 aliphatic heterocycles. The molecular formula is C38H37BrN4O5. The van der Waals surface area contributed by atoms with Gasteiger partial charge in [-0.25, -0.2) is 0 Å². The van der Waals surface area contributed by atoms with Gasteiger partial charge in [-0.2, -0.15) is 0 Å². The molecule has 4 aromatic carbocycles. The highest BCUT2D eigenvalue weighted by atomic mass is 79.9. The molecule has 2 aliphatic rings. The molecular weight excluding hydrogens is 672 g/mol. The van der Waals surface area contributed by atoms with Crippen molar-refractivity contribution in [1.29, 1.82) is 0 Å². The molecule has 0 radical (unpaired) electrons. The van der Waals surface area contributed by atoms with E-state index in [1.54, 1.807) is 77.4 Å². The van der Waals surface area contributed by atoms with Gasteiger partial charge in [0.05, 0.1) is 24.9 Å². The van der Waals surface area contributed by atoms with Crippen molar-refractivity contribution in [1.82, 2.24) is 4.90 Å². The lowest BCUT2D eigenvalue weighted by atomic mass is 9.83. The number of anilines is 3. The van der Waals surface area contributed by atoms with Crippen LogP contribution in [-0.2, 0) is 34.7 Å². The minimum atomic E-state index is -1.86. The summed E-state index contributed by atoms with van der Waals surface area (Å²) in [6, 6.07) is 26.9. The Morgan fingerprint density at radius 3 is 2.46 bits per heavy atom. The van der Waals surface area contributed by atoms with Crippen molar-refractivity contribution in [3.8, 4) is 0 Å². The van der Waals surface area contributed by atoms with Gasteiger partial charge in [0.1, 0.15) is 0 Å². The third kappa shape index (κ3) is 6.51. The maximum absolute atomic E-state index is 14.0. The summed E-state index contributed by atoms with van der Waals surface area (Å²) in [6.45, 7) is 2.27. The Morgan fingerprint density at radius 1 is 1.04 bits per heavy atom. The third-order valence-corrected chi connectivity index (χ3v) is 9.71. The summed E-state index contributed by atoms with van der Waals surface area (Å²) >= 11 is 3.49. The normalized spacial score (nSPS) is 19.2. The van der Waals surface area contributed by atoms with E-state index in [1.807, 2.05) is 42.5 Å². The first-order valence-electron chi connectivity index (χ1n) is 15.8. The molecule has 3 atom stereocenters. The average Bonchev–Trinajstić information content (AvgIpc) is 3.30. The minimum absolute atomic E-state index is 0.0730. The van der Waals surface area contributed by atoms with Crippen molar-refractivity contribution in [3.63, 3.8) is 0 Å². The number of aliphatic hydroxyl groups is 2. The Hall–Kier alpha value is -4.77. The Kier molecular flexibility index (Phi) is 9.50. The maximum Gasteiger partial charge on any atom is 0.264 e. The SMILES string of the molecule is C[C@H](/C=C/CC(=O)N1Cc2ccccc2C[C@H]1CO)[C@@]1(O)C(=O)N(Cc2ccc(NC(=O)c3ccc(N)cc3)cc2)c2ccc(Br)cc21. The number of fused-ring (bicyclic) bond motifs is 2. The van der Waals surface area contributed by atoms with E-state index in [0.29, 0.717) is 41.2 Å². The van der Waals surface area contributed by atoms with Crippen molar-refractivity contribution in [3.05, 3.63) is 135 Å². The Morgan fingerprint density at radius 2 is 1.75 bits per heavy atom. The van der Waals surface area contributed by atoms with E-state index in [0.717, 1.165) is 21.2 Å². The van der Waals surface area contributed by atoms with Gasteiger partial charge >= 0.3 is 0 Å². The predicted octanol–water partition coefficient (Wildman–Crippen LogP) is 5.55. The molecule has 0 aliphatic carbocycles. The highest BCUT2D eigenvalue weighted by Gasteiger charge is 2.52. The molecule has 0 fully saturated rings. The lowest BCUT2D eigenvalue weighted by Gasteiger charge is -2.36. The van der Waals surface area contributed by atoms with Crippen molar-refractivity contribution < 1.29 is 24.6 Å². The van der Waals surface area contributed by atoms with Crippen LogP contribution in [0.5, 0.6) is 0 Å². The number of carbonyl (C=O) groups excluding carboxylic acids is 3. The standard InChI is InChI=1S/C38H37BrN4O5/c1-24(5-4-8-35(45)42-22-28-7-3-2-6-27(28)19-32(42)23-44)38(48)33-20-29(39)13-18-34(33)43(37(38)47)21-25-9-16-31(17-10-25)41-36(46)26-11-14-30(40)15-12-26/h2-7,9-18,20,24,32,44,48H,8,19,21-23,40H2,1H3,(H,41,46)/b5-4+/t24-,32+,38+/m1/s1. The first-order valence-corrected chi connectivity index (χ1v) is 16.6. The van der Waals surface area contributed by atoms with Gasteiger partial charge in [0.25, 0.3) is 11.8 Å². The number of nitrogen functional groups attached to an aromatic ring is 1. The first kappa shape index (κ1) is 33.1. The van der Waals surface area contributed by atoms with Crippen molar-refractivity contribution in [2.45, 2.75) is 44.5 Å². The van der Waals surface area contributed by atoms with E-state index >= 15 is 0 Å². The number of nitrogens with zero attached hydrogens (tertiary/aromatic N) is 2. The van der Waals surface area contributed by atoms with Crippen LogP contribution in [0.2, 0.25) is 0 Å². The Balaban J connectivity index is 1.15. The molecule has 0 saturated carbocycles. The summed E-state index contributed by atoms with van der Waals surface area (Å²) in [5, 5.41) is 24.9. The van der Waals surface area contributed by atoms with Gasteiger partial charge in [-0.1, -0.05) is 71.4 Å². The molecule has 3 amide bonds. The van der Waals surface area contributed by atoms with Crippen LogP contribution in [0.15, 0.2) is 108 Å². The van der Waals surface area contributed by atoms with E-state index in [9.17, 15) is 24.6 Å². The van der Waals surface area contributed by atoms with Crippen LogP contribution >= 0.6 is 15.9 Å². The minimum Gasteiger partial charge on any atom is -0.399 e. The maximum atomic E-state index is 14.0. The number of nitrogens with two attached hydrogens (primary N) is 1. The zero-order valence-electron chi connectivity index (χ0n) is 26.5. The number of amides is 3. The molecule has 0 saturated heterocycles. The van der Waals surface area contributed by atoms with Gasteiger partial charge in [-0.05, 0) is 77.7 Å². The number of hydrogen-bond acceptors (Lipinski definition) is 6. The zero-order valence-corrected chi connectivity index (χ0v) is 28.1. The highest BCUT2D eigenvalue weighted by molar-refractivity contribution is 9.10. The van der Waals surface area contributed by atoms with E-state index in [1.165, 1.54) is 0 Å². The summed E-state index contributed by atoms with van der Waals surface area (Å²) in [4.78, 5) is 43.2. The van der Waals surface area contributed by atoms with Crippen molar-refractivity contribution in [2.24, 2.45) is 5.92 Å². The van der Waals surface area contributed by atoms with Gasteiger partial charge in [0.15, 0.2) is 5.60 Å². The number of halogens is 1. The zero-order chi connectivity index (χ0) is 34.0. The number of hydrogen-bond donors (Lipinski definition) is 4. The van der Waals surface area contributed by atoms with Crippen LogP contribution in [0.1, 0.15) is 46.0 Å². The molecule has 2 heterocycles. The summed E-state index contributed by atoms with van der Waals surface area (Å²) in [5.74, 6) is -1.51. The fourth-order valence-corrected chi connectivity index (χ4v) is 6.82. The molecule has 9 nitrogen and oxygen atoms in total. The first-order chi connectivity index (χ1) is 23.1. The second kappa shape index (κ2) is 13.8. The quantitative estimate of drug-likeness (QED) is 0.133. The Labute approximate surface area is 287 Å². The number of carbonyl (C=O) groups is 3. The lowest BCUT2D eigenvalue weighted by Crippen LogP contribution is -2.46. The van der Waals surface area contributed by atoms with Crippen LogP contribution in [0, 0.1) is 5.92 Å². The molecule has 4 aromatic rings. The van der Waals surface area contributed by atoms with Gasteiger partial charge in [0.2, 0.25) is 5.91 Å². The molecule has 6 rings (SSSR count). The topological polar surface area (TPSA) is 136 Å². The second-order valence-corrected chi connectivity index (χ2v) is 13.3. The van der Waals surface area contributed by atoms with Gasteiger partial charge in [-0.15, -0.1) is 0 Å². The molecule has 0 spiro atoms. The fraction of sp³-hybridized carbons (Fsp3) is 0.237. The van der Waals surface area contributed by atoms with Crippen molar-refractivity contribution >= 4 is 50.7 Å². The van der Waals surface area contributed by atoms with Gasteiger partial charge in [0, 0.05) is 45.9 Å². The van der Waals surface area contributed by atoms with Crippen LogP contribution in [0.4, 0.5) is 17.1 Å². The molecule has 0 aromatic heterocycles. The highest BCUT2D eigenvalue weighted by Crippen LogP contribution is 2.46. The summed E-state index contributed by atoms with van der Waals surface area (Å²) in [5.41, 5.74) is 9.61. The second-order valence-electron chi connectivity index (χ2n) is 12.3. The lowest BCUT2D eigenvalue weighted by molar-refractivity contribution is -0.139. The Bertz CT molecular complexity index is 1880. The van der Waals surface area contributed by atoms with Crippen LogP contribution in [0.25, 0.3) is 0 Å². The van der Waals surface area contributed by atoms with E-state index in [4.69, 9.17) is 5.73 Å². The van der Waals surface area contributed by atoms with Crippen LogP contribution in [0.3, 0.4) is 0 Å². The van der Waals surface area contributed by atoms with Crippen molar-refractivity contribution in [2.75, 3.05) is 22.6 Å². The smallest absolute Gasteiger partial charge is 0.264 e.